The zero-order valence-electron chi connectivity index (χ0n) is 14.6. The fourth-order valence-electron chi connectivity index (χ4n) is 2.44. The van der Waals surface area contributed by atoms with Gasteiger partial charge in [0.25, 0.3) is 5.96 Å². The SMILES string of the molecule is NCCCOc1ccc(Cl)cc1NC(=O)NC1=N[NH+]([O-])c2ccc(Cl)cc2N1. The van der Waals surface area contributed by atoms with E-state index in [1.54, 1.807) is 36.4 Å². The molecule has 1 heterocycles. The lowest BCUT2D eigenvalue weighted by Crippen LogP contribution is -2.98. The number of nitrogens with one attached hydrogen (secondary N) is 4. The Bertz CT molecular complexity index is 908. The zero-order valence-corrected chi connectivity index (χ0v) is 16.1. The van der Waals surface area contributed by atoms with Crippen molar-refractivity contribution in [3.05, 3.63) is 51.7 Å². The highest BCUT2D eigenvalue weighted by atomic mass is 35.5. The maximum Gasteiger partial charge on any atom is 0.326 e. The van der Waals surface area contributed by atoms with Gasteiger partial charge >= 0.3 is 6.03 Å². The number of guanidine groups is 1. The summed E-state index contributed by atoms with van der Waals surface area (Å²) in [7, 11) is 0. The molecule has 1 unspecified atom stereocenters. The van der Waals surface area contributed by atoms with E-state index in [0.29, 0.717) is 52.4 Å². The van der Waals surface area contributed by atoms with E-state index in [1.165, 1.54) is 0 Å². The molecule has 0 fully saturated rings. The van der Waals surface area contributed by atoms with E-state index in [1.807, 2.05) is 0 Å². The lowest BCUT2D eigenvalue weighted by Gasteiger charge is -2.24. The van der Waals surface area contributed by atoms with Crippen molar-refractivity contribution in [1.29, 1.82) is 0 Å². The number of amides is 2. The minimum atomic E-state index is -0.629. The number of hydrogen-bond donors (Lipinski definition) is 5. The molecular weight excluding hydrogens is 407 g/mol. The summed E-state index contributed by atoms with van der Waals surface area (Å²) in [5, 5.41) is 24.3. The summed E-state index contributed by atoms with van der Waals surface area (Å²) in [6.45, 7) is 0.886. The van der Waals surface area contributed by atoms with Crippen LogP contribution in [0.1, 0.15) is 6.42 Å². The molecule has 148 valence electrons. The number of anilines is 2. The Morgan fingerprint density at radius 1 is 1.21 bits per heavy atom. The summed E-state index contributed by atoms with van der Waals surface area (Å²) in [6.07, 6.45) is 0.666. The molecule has 2 amide bonds. The van der Waals surface area contributed by atoms with Gasteiger partial charge in [-0.15, -0.1) is 0 Å². The van der Waals surface area contributed by atoms with E-state index < -0.39 is 11.2 Å². The first-order chi connectivity index (χ1) is 13.5. The third-order valence-electron chi connectivity index (χ3n) is 3.71. The molecule has 2 aromatic carbocycles. The molecule has 0 spiro atoms. The van der Waals surface area contributed by atoms with Crippen LogP contribution < -0.4 is 31.6 Å². The number of hydrogen-bond acceptors (Lipinski definition) is 6. The van der Waals surface area contributed by atoms with Crippen LogP contribution in [0.2, 0.25) is 10.0 Å². The summed E-state index contributed by atoms with van der Waals surface area (Å²) in [5.74, 6) is 0.421. The Morgan fingerprint density at radius 3 is 2.75 bits per heavy atom. The van der Waals surface area contributed by atoms with Crippen LogP contribution >= 0.6 is 23.2 Å². The first-order valence-corrected chi connectivity index (χ1v) is 9.12. The highest BCUT2D eigenvalue weighted by Crippen LogP contribution is 2.28. The van der Waals surface area contributed by atoms with Gasteiger partial charge in [0.1, 0.15) is 11.4 Å². The molecule has 28 heavy (non-hydrogen) atoms. The van der Waals surface area contributed by atoms with Crippen molar-refractivity contribution >= 4 is 52.3 Å². The van der Waals surface area contributed by atoms with Crippen molar-refractivity contribution < 1.29 is 14.7 Å². The number of urea groups is 1. The van der Waals surface area contributed by atoms with Gasteiger partial charge in [-0.25, -0.2) is 9.97 Å². The first-order valence-electron chi connectivity index (χ1n) is 8.36. The van der Waals surface area contributed by atoms with Crippen molar-refractivity contribution in [3.63, 3.8) is 0 Å². The standard InChI is InChI=1S/C17H18Cl2N6O3/c18-10-2-4-14-12(8-10)21-16(24-25(14)27)23-17(26)22-13-9-11(19)3-5-15(13)28-7-1-6-20/h2-5,8-9,25H,1,6-7,20H2,(H3,21,22,23,24,26). The van der Waals surface area contributed by atoms with Gasteiger partial charge in [0.05, 0.1) is 12.3 Å². The number of carbonyl (C=O) groups excluding carboxylic acids is 1. The predicted molar refractivity (Wildman–Crippen MR) is 109 cm³/mol. The number of ether oxygens (including phenoxy) is 1. The Labute approximate surface area is 171 Å². The molecule has 11 heteroatoms. The smallest absolute Gasteiger partial charge is 0.326 e. The van der Waals surface area contributed by atoms with E-state index in [0.717, 1.165) is 0 Å². The Kier molecular flexibility index (Phi) is 6.55. The molecule has 0 saturated heterocycles. The molecule has 1 aliphatic rings. The number of benzene rings is 2. The van der Waals surface area contributed by atoms with Crippen molar-refractivity contribution in [2.75, 3.05) is 23.8 Å². The summed E-state index contributed by atoms with van der Waals surface area (Å²) in [4.78, 5) is 12.4. The second-order valence-corrected chi connectivity index (χ2v) is 6.66. The molecule has 1 atom stereocenters. The molecule has 0 saturated carbocycles. The largest absolute Gasteiger partial charge is 0.601 e. The van der Waals surface area contributed by atoms with Crippen LogP contribution in [-0.4, -0.2) is 25.1 Å². The van der Waals surface area contributed by atoms with Gasteiger partial charge in [-0.05, 0) is 48.4 Å². The van der Waals surface area contributed by atoms with Crippen LogP contribution in [0.25, 0.3) is 0 Å². The lowest BCUT2D eigenvalue weighted by molar-refractivity contribution is -0.783. The molecule has 0 bridgehead atoms. The Balaban J connectivity index is 1.68. The summed E-state index contributed by atoms with van der Waals surface area (Å²) in [5.41, 5.74) is 6.64. The first kappa shape index (κ1) is 20.2. The van der Waals surface area contributed by atoms with E-state index >= 15 is 0 Å². The normalized spacial score (nSPS) is 15.1. The number of nitrogens with two attached hydrogens (primary N) is 1. The van der Waals surface area contributed by atoms with Gasteiger partial charge in [0, 0.05) is 16.1 Å². The molecule has 1 aliphatic heterocycles. The van der Waals surface area contributed by atoms with Gasteiger partial charge in [-0.1, -0.05) is 23.2 Å². The maximum absolute atomic E-state index is 12.4. The number of halogens is 2. The van der Waals surface area contributed by atoms with Crippen molar-refractivity contribution in [2.24, 2.45) is 10.8 Å². The van der Waals surface area contributed by atoms with Crippen molar-refractivity contribution in [1.82, 2.24) is 5.32 Å². The van der Waals surface area contributed by atoms with Crippen LogP contribution in [0.15, 0.2) is 41.5 Å². The number of carbonyl (C=O) groups is 1. The fourth-order valence-corrected chi connectivity index (χ4v) is 2.78. The number of rotatable bonds is 5. The lowest BCUT2D eigenvalue weighted by atomic mass is 10.2. The van der Waals surface area contributed by atoms with Crippen molar-refractivity contribution in [3.8, 4) is 5.75 Å². The van der Waals surface area contributed by atoms with E-state index in [-0.39, 0.29) is 5.96 Å². The topological polar surface area (TPSA) is 128 Å². The molecule has 2 aromatic rings. The number of fused-ring (bicyclic) bond motifs is 1. The van der Waals surface area contributed by atoms with E-state index in [2.05, 4.69) is 21.1 Å². The third kappa shape index (κ3) is 5.03. The van der Waals surface area contributed by atoms with Gasteiger partial charge in [-0.2, -0.15) is 0 Å². The molecule has 6 N–H and O–H groups in total. The molecule has 3 rings (SSSR count). The van der Waals surface area contributed by atoms with Gasteiger partial charge < -0.3 is 26.3 Å². The summed E-state index contributed by atoms with van der Waals surface area (Å²) < 4.78 is 5.60. The third-order valence-corrected chi connectivity index (χ3v) is 4.18. The maximum atomic E-state index is 12.4. The minimum absolute atomic E-state index is 0.0232. The van der Waals surface area contributed by atoms with Crippen LogP contribution in [0, 0.1) is 5.21 Å². The highest BCUT2D eigenvalue weighted by molar-refractivity contribution is 6.31. The van der Waals surface area contributed by atoms with E-state index in [9.17, 15) is 10.0 Å². The second kappa shape index (κ2) is 9.09. The summed E-state index contributed by atoms with van der Waals surface area (Å²) in [6, 6.07) is 8.94. The van der Waals surface area contributed by atoms with Crippen molar-refractivity contribution in [2.45, 2.75) is 6.42 Å². The van der Waals surface area contributed by atoms with E-state index in [4.69, 9.17) is 33.7 Å². The molecule has 0 aliphatic carbocycles. The molecule has 0 aromatic heterocycles. The summed E-state index contributed by atoms with van der Waals surface area (Å²) >= 11 is 11.9. The zero-order chi connectivity index (χ0) is 20.1. The fraction of sp³-hybridized carbons (Fsp3) is 0.176. The average Bonchev–Trinajstić information content (AvgIpc) is 2.63. The van der Waals surface area contributed by atoms with Gasteiger partial charge in [0.15, 0.2) is 5.69 Å². The molecular formula is C17H18Cl2N6O3. The van der Waals surface area contributed by atoms with Crippen LogP contribution in [0.4, 0.5) is 21.9 Å². The predicted octanol–water partition coefficient (Wildman–Crippen LogP) is 2.25. The Hall–Kier alpha value is -2.56. The second-order valence-electron chi connectivity index (χ2n) is 5.79. The van der Waals surface area contributed by atoms with Gasteiger partial charge in [-0.3, -0.25) is 5.32 Å². The van der Waals surface area contributed by atoms with Crippen LogP contribution in [0.5, 0.6) is 5.75 Å². The van der Waals surface area contributed by atoms with Crippen LogP contribution in [0.3, 0.4) is 0 Å². The quantitative estimate of drug-likeness (QED) is 0.371. The van der Waals surface area contributed by atoms with Crippen LogP contribution in [-0.2, 0) is 0 Å². The Morgan fingerprint density at radius 2 is 1.96 bits per heavy atom. The molecule has 9 nitrogen and oxygen atoms in total. The monoisotopic (exact) mass is 424 g/mol. The molecule has 0 radical (unpaired) electrons. The average molecular weight is 425 g/mol. The number of nitrogens with zero attached hydrogens (tertiary/aromatic N) is 1. The van der Waals surface area contributed by atoms with Gasteiger partial charge in [0.2, 0.25) is 0 Å². The number of quaternary nitrogens is 1. The minimum Gasteiger partial charge on any atom is -0.601 e. The highest BCUT2D eigenvalue weighted by Gasteiger charge is 2.21.